The Labute approximate surface area is 108 Å². The van der Waals surface area contributed by atoms with Gasteiger partial charge >= 0.3 is 6.03 Å². The molecule has 0 radical (unpaired) electrons. The van der Waals surface area contributed by atoms with Gasteiger partial charge in [0.2, 0.25) is 0 Å². The summed E-state index contributed by atoms with van der Waals surface area (Å²) in [7, 11) is 0. The van der Waals surface area contributed by atoms with Crippen molar-refractivity contribution in [2.24, 2.45) is 5.92 Å². The maximum Gasteiger partial charge on any atom is 0.315 e. The van der Waals surface area contributed by atoms with E-state index in [9.17, 15) is 4.79 Å². The predicted octanol–water partition coefficient (Wildman–Crippen LogP) is 1.23. The number of rotatable bonds is 6. The highest BCUT2D eigenvalue weighted by molar-refractivity contribution is 5.74. The smallest absolute Gasteiger partial charge is 0.315 e. The number of aromatic nitrogens is 2. The fraction of sp³-hybridized carbons (Fsp3) is 0.538. The highest BCUT2D eigenvalue weighted by Gasteiger charge is 2.12. The number of aryl methyl sites for hydroxylation is 1. The van der Waals surface area contributed by atoms with Gasteiger partial charge in [-0.25, -0.2) is 4.79 Å². The number of urea groups is 1. The summed E-state index contributed by atoms with van der Waals surface area (Å²) in [5.74, 6) is 2.79. The van der Waals surface area contributed by atoms with Crippen LogP contribution in [0, 0.1) is 18.3 Å². The zero-order chi connectivity index (χ0) is 13.4. The van der Waals surface area contributed by atoms with Crippen molar-refractivity contribution in [3.8, 4) is 12.3 Å². The minimum atomic E-state index is -0.226. The summed E-state index contributed by atoms with van der Waals surface area (Å²) in [4.78, 5) is 11.5. The van der Waals surface area contributed by atoms with Gasteiger partial charge in [-0.3, -0.25) is 4.68 Å². The minimum absolute atomic E-state index is 0.216. The molecule has 2 amide bonds. The van der Waals surface area contributed by atoms with E-state index in [1.165, 1.54) is 0 Å². The molecule has 1 unspecified atom stereocenters. The zero-order valence-electron chi connectivity index (χ0n) is 10.9. The lowest BCUT2D eigenvalue weighted by Crippen LogP contribution is -2.44. The molecule has 2 N–H and O–H groups in total. The molecule has 1 aromatic heterocycles. The first-order valence-corrected chi connectivity index (χ1v) is 6.11. The second-order valence-electron chi connectivity index (χ2n) is 4.41. The van der Waals surface area contributed by atoms with Gasteiger partial charge in [0.05, 0.1) is 6.04 Å². The van der Waals surface area contributed by atoms with E-state index in [-0.39, 0.29) is 18.0 Å². The van der Waals surface area contributed by atoms with Crippen molar-refractivity contribution in [1.82, 2.24) is 20.4 Å². The molecule has 0 bridgehead atoms. The molecule has 1 atom stereocenters. The Balaban J connectivity index is 2.15. The summed E-state index contributed by atoms with van der Waals surface area (Å²) >= 11 is 0. The Hall–Kier alpha value is -1.96. The third kappa shape index (κ3) is 4.91. The first kappa shape index (κ1) is 14.1. The van der Waals surface area contributed by atoms with Crippen LogP contribution in [0.3, 0.4) is 0 Å². The van der Waals surface area contributed by atoms with Crippen LogP contribution in [0.5, 0.6) is 0 Å². The van der Waals surface area contributed by atoms with Crippen LogP contribution < -0.4 is 10.6 Å². The largest absolute Gasteiger partial charge is 0.338 e. The van der Waals surface area contributed by atoms with E-state index in [1.807, 2.05) is 30.8 Å². The van der Waals surface area contributed by atoms with Crippen molar-refractivity contribution < 1.29 is 4.79 Å². The van der Waals surface area contributed by atoms with Gasteiger partial charge in [0.15, 0.2) is 0 Å². The first-order chi connectivity index (χ1) is 8.63. The summed E-state index contributed by atoms with van der Waals surface area (Å²) in [6.45, 7) is 5.34. The van der Waals surface area contributed by atoms with Crippen LogP contribution in [0.2, 0.25) is 0 Å². The number of nitrogens with zero attached hydrogens (tertiary/aromatic N) is 2. The van der Waals surface area contributed by atoms with E-state index in [2.05, 4.69) is 21.7 Å². The maximum absolute atomic E-state index is 11.5. The second-order valence-corrected chi connectivity index (χ2v) is 4.41. The summed E-state index contributed by atoms with van der Waals surface area (Å²) in [5, 5.41) is 9.61. The van der Waals surface area contributed by atoms with Crippen LogP contribution in [0.15, 0.2) is 18.5 Å². The molecule has 1 heterocycles. The Bertz CT molecular complexity index is 392. The molecule has 1 rings (SSSR count). The zero-order valence-corrected chi connectivity index (χ0v) is 10.9. The standard InChI is InChI=1S/C13H20N4O/c1-4-12(11(2)3)16-13(18)14-7-5-9-17-10-6-8-15-17/h1,6,8,10-12H,5,7,9H2,2-3H3,(H2,14,16,18). The van der Waals surface area contributed by atoms with E-state index in [4.69, 9.17) is 6.42 Å². The molecule has 0 aromatic carbocycles. The van der Waals surface area contributed by atoms with Gasteiger partial charge in [0.25, 0.3) is 0 Å². The molecule has 98 valence electrons. The molecular weight excluding hydrogens is 228 g/mol. The van der Waals surface area contributed by atoms with Gasteiger partial charge in [-0.05, 0) is 18.4 Å². The molecule has 5 heteroatoms. The number of nitrogens with one attached hydrogen (secondary N) is 2. The summed E-state index contributed by atoms with van der Waals surface area (Å²) in [6, 6.07) is 1.43. The normalized spacial score (nSPS) is 11.9. The average molecular weight is 248 g/mol. The van der Waals surface area contributed by atoms with Gasteiger partial charge in [-0.1, -0.05) is 19.8 Å². The Kier molecular flexibility index (Phi) is 5.78. The molecule has 0 aliphatic rings. The van der Waals surface area contributed by atoms with Crippen LogP contribution in [-0.4, -0.2) is 28.4 Å². The molecule has 0 saturated heterocycles. The molecule has 0 saturated carbocycles. The first-order valence-electron chi connectivity index (χ1n) is 6.11. The quantitative estimate of drug-likeness (QED) is 0.587. The topological polar surface area (TPSA) is 59.0 Å². The van der Waals surface area contributed by atoms with E-state index >= 15 is 0 Å². The number of hydrogen-bond acceptors (Lipinski definition) is 2. The summed E-state index contributed by atoms with van der Waals surface area (Å²) in [6.07, 6.45) is 9.80. The molecule has 18 heavy (non-hydrogen) atoms. The maximum atomic E-state index is 11.5. The van der Waals surface area contributed by atoms with Crippen LogP contribution >= 0.6 is 0 Å². The third-order valence-corrected chi connectivity index (χ3v) is 2.54. The number of terminal acetylenes is 1. The van der Waals surface area contributed by atoms with Crippen LogP contribution in [0.1, 0.15) is 20.3 Å². The molecule has 0 aliphatic heterocycles. The number of carbonyl (C=O) groups excluding carboxylic acids is 1. The van der Waals surface area contributed by atoms with Gasteiger partial charge < -0.3 is 10.6 Å². The van der Waals surface area contributed by atoms with Crippen LogP contribution in [0.25, 0.3) is 0 Å². The molecule has 0 aliphatic carbocycles. The minimum Gasteiger partial charge on any atom is -0.338 e. The second kappa shape index (κ2) is 7.38. The SMILES string of the molecule is C#CC(NC(=O)NCCCn1cccn1)C(C)C. The van der Waals surface area contributed by atoms with Crippen LogP contribution in [0.4, 0.5) is 4.79 Å². The summed E-state index contributed by atoms with van der Waals surface area (Å²) in [5.41, 5.74) is 0. The fourth-order valence-corrected chi connectivity index (χ4v) is 1.47. The lowest BCUT2D eigenvalue weighted by molar-refractivity contribution is 0.236. The van der Waals surface area contributed by atoms with E-state index in [0.29, 0.717) is 6.54 Å². The highest BCUT2D eigenvalue weighted by atomic mass is 16.2. The van der Waals surface area contributed by atoms with Gasteiger partial charge in [0, 0.05) is 25.5 Å². The average Bonchev–Trinajstić information content (AvgIpc) is 2.84. The van der Waals surface area contributed by atoms with Crippen molar-refractivity contribution in [3.05, 3.63) is 18.5 Å². The van der Waals surface area contributed by atoms with E-state index in [1.54, 1.807) is 6.20 Å². The number of hydrogen-bond donors (Lipinski definition) is 2. The molecular formula is C13H20N4O. The Morgan fingerprint density at radius 3 is 2.89 bits per heavy atom. The molecule has 1 aromatic rings. The van der Waals surface area contributed by atoms with Gasteiger partial charge in [-0.2, -0.15) is 5.10 Å². The predicted molar refractivity (Wildman–Crippen MR) is 70.8 cm³/mol. The lowest BCUT2D eigenvalue weighted by Gasteiger charge is -2.16. The van der Waals surface area contributed by atoms with Crippen molar-refractivity contribution >= 4 is 6.03 Å². The molecule has 0 fully saturated rings. The van der Waals surface area contributed by atoms with Crippen molar-refractivity contribution in [3.63, 3.8) is 0 Å². The summed E-state index contributed by atoms with van der Waals surface area (Å²) < 4.78 is 1.83. The van der Waals surface area contributed by atoms with Gasteiger partial charge in [-0.15, -0.1) is 6.42 Å². The molecule has 5 nitrogen and oxygen atoms in total. The monoisotopic (exact) mass is 248 g/mol. The number of amides is 2. The van der Waals surface area contributed by atoms with Crippen molar-refractivity contribution in [2.75, 3.05) is 6.54 Å². The Morgan fingerprint density at radius 1 is 1.56 bits per heavy atom. The van der Waals surface area contributed by atoms with Gasteiger partial charge in [0.1, 0.15) is 0 Å². The Morgan fingerprint density at radius 2 is 2.33 bits per heavy atom. The highest BCUT2D eigenvalue weighted by Crippen LogP contribution is 1.99. The third-order valence-electron chi connectivity index (χ3n) is 2.54. The van der Waals surface area contributed by atoms with E-state index in [0.717, 1.165) is 13.0 Å². The van der Waals surface area contributed by atoms with Crippen LogP contribution in [-0.2, 0) is 6.54 Å². The van der Waals surface area contributed by atoms with E-state index < -0.39 is 0 Å². The fourth-order valence-electron chi connectivity index (χ4n) is 1.47. The lowest BCUT2D eigenvalue weighted by atomic mass is 10.1. The molecule has 0 spiro atoms. The van der Waals surface area contributed by atoms with Crippen molar-refractivity contribution in [1.29, 1.82) is 0 Å². The van der Waals surface area contributed by atoms with Crippen molar-refractivity contribution in [2.45, 2.75) is 32.9 Å². The number of carbonyl (C=O) groups is 1.